The van der Waals surface area contributed by atoms with E-state index in [-0.39, 0.29) is 5.91 Å². The Balaban J connectivity index is 1.52. The molecular weight excluding hydrogens is 386 g/mol. The van der Waals surface area contributed by atoms with Crippen LogP contribution in [0.3, 0.4) is 0 Å². The topological polar surface area (TPSA) is 90.9 Å². The fourth-order valence-corrected chi connectivity index (χ4v) is 3.83. The Morgan fingerprint density at radius 1 is 1.28 bits per heavy atom. The summed E-state index contributed by atoms with van der Waals surface area (Å²) in [4.78, 5) is 16.7. The summed E-state index contributed by atoms with van der Waals surface area (Å²) in [6.07, 6.45) is 5.78. The van der Waals surface area contributed by atoms with Crippen LogP contribution in [0.5, 0.6) is 0 Å². The average Bonchev–Trinajstić information content (AvgIpc) is 3.32. The minimum Gasteiger partial charge on any atom is -0.326 e. The van der Waals surface area contributed by atoms with Crippen molar-refractivity contribution in [3.05, 3.63) is 60.4 Å². The number of rotatable bonds is 6. The Morgan fingerprint density at radius 3 is 2.76 bits per heavy atom. The van der Waals surface area contributed by atoms with Crippen LogP contribution in [0.2, 0.25) is 0 Å². The molecule has 3 heterocycles. The molecule has 0 atom stereocenters. The third-order valence-electron chi connectivity index (χ3n) is 4.41. The SMILES string of the molecule is CC(=O)Nc1ccc(SN2C=C(Nc3cc(C(C)C)[nH]n3)n3ccnc3C2)cc1. The van der Waals surface area contributed by atoms with Crippen LogP contribution in [0.25, 0.3) is 5.82 Å². The number of hydrogen-bond donors (Lipinski definition) is 3. The number of anilines is 2. The zero-order valence-electron chi connectivity index (χ0n) is 16.5. The molecule has 1 amide bonds. The summed E-state index contributed by atoms with van der Waals surface area (Å²) in [6.45, 7) is 6.43. The smallest absolute Gasteiger partial charge is 0.221 e. The van der Waals surface area contributed by atoms with Crippen molar-refractivity contribution in [1.29, 1.82) is 0 Å². The van der Waals surface area contributed by atoms with Crippen LogP contribution in [-0.2, 0) is 11.3 Å². The highest BCUT2D eigenvalue weighted by Crippen LogP contribution is 2.31. The fraction of sp³-hybridized carbons (Fsp3) is 0.250. The molecule has 4 rings (SSSR count). The van der Waals surface area contributed by atoms with Gasteiger partial charge in [-0.25, -0.2) is 4.98 Å². The number of imidazole rings is 1. The van der Waals surface area contributed by atoms with Crippen molar-refractivity contribution in [2.24, 2.45) is 0 Å². The Kier molecular flexibility index (Phi) is 5.30. The maximum absolute atomic E-state index is 11.2. The molecule has 0 saturated carbocycles. The van der Waals surface area contributed by atoms with Crippen LogP contribution in [0, 0.1) is 0 Å². The van der Waals surface area contributed by atoms with Gasteiger partial charge in [0.05, 0.1) is 12.7 Å². The van der Waals surface area contributed by atoms with E-state index in [0.29, 0.717) is 12.5 Å². The second-order valence-electron chi connectivity index (χ2n) is 7.09. The predicted octanol–water partition coefficient (Wildman–Crippen LogP) is 4.08. The molecular formula is C20H23N7OS. The van der Waals surface area contributed by atoms with Gasteiger partial charge in [-0.3, -0.25) is 14.5 Å². The molecule has 0 unspecified atom stereocenters. The maximum Gasteiger partial charge on any atom is 0.221 e. The fourth-order valence-electron chi connectivity index (χ4n) is 2.97. The van der Waals surface area contributed by atoms with Crippen molar-refractivity contribution >= 4 is 35.2 Å². The van der Waals surface area contributed by atoms with Gasteiger partial charge < -0.3 is 14.9 Å². The largest absolute Gasteiger partial charge is 0.326 e. The molecule has 3 N–H and O–H groups in total. The third-order valence-corrected chi connectivity index (χ3v) is 5.37. The van der Waals surface area contributed by atoms with Crippen LogP contribution in [0.15, 0.2) is 53.8 Å². The number of H-pyrrole nitrogens is 1. The van der Waals surface area contributed by atoms with Crippen molar-refractivity contribution in [2.75, 3.05) is 10.6 Å². The van der Waals surface area contributed by atoms with Gasteiger partial charge in [0.2, 0.25) is 5.91 Å². The highest BCUT2D eigenvalue weighted by atomic mass is 32.2. The first-order valence-corrected chi connectivity index (χ1v) is 10.1. The minimum absolute atomic E-state index is 0.0779. The molecule has 9 heteroatoms. The van der Waals surface area contributed by atoms with Gasteiger partial charge >= 0.3 is 0 Å². The molecule has 1 aliphatic heterocycles. The molecule has 29 heavy (non-hydrogen) atoms. The Morgan fingerprint density at radius 2 is 2.07 bits per heavy atom. The summed E-state index contributed by atoms with van der Waals surface area (Å²) in [7, 11) is 0. The van der Waals surface area contributed by atoms with Crippen LogP contribution in [-0.4, -0.2) is 30.0 Å². The molecule has 0 aliphatic carbocycles. The zero-order chi connectivity index (χ0) is 20.4. The van der Waals surface area contributed by atoms with E-state index in [2.05, 4.69) is 44.0 Å². The van der Waals surface area contributed by atoms with Crippen molar-refractivity contribution in [3.8, 4) is 0 Å². The quantitative estimate of drug-likeness (QED) is 0.532. The van der Waals surface area contributed by atoms with Gasteiger partial charge in [-0.05, 0) is 42.1 Å². The molecule has 8 nitrogen and oxygen atoms in total. The van der Waals surface area contributed by atoms with Gasteiger partial charge in [-0.2, -0.15) is 5.10 Å². The summed E-state index contributed by atoms with van der Waals surface area (Å²) in [5.74, 6) is 2.90. The summed E-state index contributed by atoms with van der Waals surface area (Å²) in [5, 5.41) is 13.6. The van der Waals surface area contributed by atoms with Crippen molar-refractivity contribution in [1.82, 2.24) is 24.1 Å². The second kappa shape index (κ2) is 8.04. The maximum atomic E-state index is 11.2. The number of aromatic amines is 1. The first-order chi connectivity index (χ1) is 14.0. The number of carbonyl (C=O) groups excluding carboxylic acids is 1. The van der Waals surface area contributed by atoms with E-state index in [0.717, 1.165) is 33.7 Å². The molecule has 150 valence electrons. The third kappa shape index (κ3) is 4.45. The van der Waals surface area contributed by atoms with E-state index in [1.165, 1.54) is 6.92 Å². The summed E-state index contributed by atoms with van der Waals surface area (Å²) in [6, 6.07) is 9.79. The number of amides is 1. The number of carbonyl (C=O) groups is 1. The highest BCUT2D eigenvalue weighted by molar-refractivity contribution is 7.97. The number of fused-ring (bicyclic) bond motifs is 1. The molecule has 0 radical (unpaired) electrons. The zero-order valence-corrected chi connectivity index (χ0v) is 17.3. The van der Waals surface area contributed by atoms with Crippen LogP contribution < -0.4 is 10.6 Å². The molecule has 0 spiro atoms. The first kappa shape index (κ1) is 19.1. The lowest BCUT2D eigenvalue weighted by atomic mass is 10.1. The first-order valence-electron chi connectivity index (χ1n) is 9.37. The lowest BCUT2D eigenvalue weighted by Crippen LogP contribution is -2.23. The Labute approximate surface area is 173 Å². The van der Waals surface area contributed by atoms with Gasteiger partial charge in [0, 0.05) is 41.7 Å². The second-order valence-corrected chi connectivity index (χ2v) is 8.21. The van der Waals surface area contributed by atoms with E-state index < -0.39 is 0 Å². The van der Waals surface area contributed by atoms with E-state index in [4.69, 9.17) is 0 Å². The molecule has 0 saturated heterocycles. The van der Waals surface area contributed by atoms with Gasteiger partial charge in [0.1, 0.15) is 11.6 Å². The van der Waals surface area contributed by atoms with Gasteiger partial charge in [0.15, 0.2) is 5.82 Å². The van der Waals surface area contributed by atoms with Crippen molar-refractivity contribution in [2.45, 2.75) is 38.1 Å². The van der Waals surface area contributed by atoms with Gasteiger partial charge in [0.25, 0.3) is 0 Å². The number of hydrogen-bond acceptors (Lipinski definition) is 6. The molecule has 2 aromatic heterocycles. The highest BCUT2D eigenvalue weighted by Gasteiger charge is 2.19. The monoisotopic (exact) mass is 409 g/mol. The Hall–Kier alpha value is -3.20. The standard InChI is InChI=1S/C20H23N7OS/c1-13(2)17-10-18(25-24-17)23-20-12-26(11-19-21-8-9-27(19)20)29-16-6-4-15(5-7-16)22-14(3)28/h4-10,12-13H,11H2,1-3H3,(H,22,28)(H2,23,24,25). The van der Waals surface area contributed by atoms with E-state index in [1.807, 2.05) is 47.3 Å². The molecule has 1 aromatic carbocycles. The van der Waals surface area contributed by atoms with Crippen molar-refractivity contribution < 1.29 is 4.79 Å². The van der Waals surface area contributed by atoms with Crippen LogP contribution >= 0.6 is 11.9 Å². The number of nitrogens with zero attached hydrogens (tertiary/aromatic N) is 4. The van der Waals surface area contributed by atoms with Gasteiger partial charge in [-0.15, -0.1) is 0 Å². The average molecular weight is 410 g/mol. The lowest BCUT2D eigenvalue weighted by Gasteiger charge is -2.26. The summed E-state index contributed by atoms with van der Waals surface area (Å²) in [5.41, 5.74) is 1.87. The molecule has 1 aliphatic rings. The Bertz CT molecular complexity index is 1040. The number of aromatic nitrogens is 4. The number of nitrogens with one attached hydrogen (secondary N) is 3. The van der Waals surface area contributed by atoms with Crippen LogP contribution in [0.4, 0.5) is 11.5 Å². The van der Waals surface area contributed by atoms with E-state index >= 15 is 0 Å². The predicted molar refractivity (Wildman–Crippen MR) is 115 cm³/mol. The molecule has 3 aromatic rings. The minimum atomic E-state index is -0.0779. The number of benzene rings is 1. The van der Waals surface area contributed by atoms with Gasteiger partial charge in [-0.1, -0.05) is 13.8 Å². The summed E-state index contributed by atoms with van der Waals surface area (Å²) >= 11 is 1.61. The molecule has 0 fully saturated rings. The van der Waals surface area contributed by atoms with E-state index in [1.54, 1.807) is 18.1 Å². The normalized spacial score (nSPS) is 13.2. The summed E-state index contributed by atoms with van der Waals surface area (Å²) < 4.78 is 4.15. The van der Waals surface area contributed by atoms with Crippen molar-refractivity contribution in [3.63, 3.8) is 0 Å². The van der Waals surface area contributed by atoms with Crippen LogP contribution in [0.1, 0.15) is 38.2 Å². The molecule has 0 bridgehead atoms. The lowest BCUT2D eigenvalue weighted by molar-refractivity contribution is -0.114. The van der Waals surface area contributed by atoms with E-state index in [9.17, 15) is 4.79 Å².